The standard InChI is InChI=1S/C14H28N2/c1-2-15-13-8-7-11-16(12-13)14-9-5-3-4-6-10-14/h13-15H,2-12H2,1H3. The van der Waals surface area contributed by atoms with Gasteiger partial charge in [0, 0.05) is 18.6 Å². The smallest absolute Gasteiger partial charge is 0.0195 e. The van der Waals surface area contributed by atoms with Gasteiger partial charge in [0.05, 0.1) is 0 Å². The van der Waals surface area contributed by atoms with Gasteiger partial charge in [-0.3, -0.25) is 4.90 Å². The topological polar surface area (TPSA) is 15.3 Å². The zero-order chi connectivity index (χ0) is 11.2. The molecule has 0 radical (unpaired) electrons. The zero-order valence-electron chi connectivity index (χ0n) is 10.9. The van der Waals surface area contributed by atoms with Gasteiger partial charge in [-0.25, -0.2) is 0 Å². The fourth-order valence-electron chi connectivity index (χ4n) is 3.42. The monoisotopic (exact) mass is 224 g/mol. The maximum Gasteiger partial charge on any atom is 0.0195 e. The van der Waals surface area contributed by atoms with Crippen LogP contribution >= 0.6 is 0 Å². The second-order valence-corrected chi connectivity index (χ2v) is 5.54. The molecule has 0 spiro atoms. The maximum absolute atomic E-state index is 3.63. The molecule has 0 aromatic carbocycles. The number of likely N-dealkylation sites (tertiary alicyclic amines) is 1. The van der Waals surface area contributed by atoms with Crippen LogP contribution in [-0.2, 0) is 0 Å². The van der Waals surface area contributed by atoms with Crippen molar-refractivity contribution in [3.8, 4) is 0 Å². The average Bonchev–Trinajstić information content (AvgIpc) is 2.58. The highest BCUT2D eigenvalue weighted by atomic mass is 15.2. The van der Waals surface area contributed by atoms with Crippen molar-refractivity contribution >= 4 is 0 Å². The van der Waals surface area contributed by atoms with Gasteiger partial charge >= 0.3 is 0 Å². The minimum Gasteiger partial charge on any atom is -0.313 e. The molecule has 1 unspecified atom stereocenters. The van der Waals surface area contributed by atoms with Gasteiger partial charge in [0.25, 0.3) is 0 Å². The fraction of sp³-hybridized carbons (Fsp3) is 1.00. The molecule has 0 aromatic rings. The van der Waals surface area contributed by atoms with Crippen molar-refractivity contribution in [1.82, 2.24) is 10.2 Å². The van der Waals surface area contributed by atoms with Crippen molar-refractivity contribution in [3.63, 3.8) is 0 Å². The lowest BCUT2D eigenvalue weighted by Crippen LogP contribution is -2.49. The SMILES string of the molecule is CCNC1CCCN(C2CCCCCC2)C1. The molecule has 1 aliphatic carbocycles. The quantitative estimate of drug-likeness (QED) is 0.742. The molecule has 1 saturated carbocycles. The molecule has 1 atom stereocenters. The first-order chi connectivity index (χ1) is 7.90. The van der Waals surface area contributed by atoms with E-state index in [1.807, 2.05) is 0 Å². The summed E-state index contributed by atoms with van der Waals surface area (Å²) in [5, 5.41) is 3.63. The van der Waals surface area contributed by atoms with Crippen LogP contribution in [0.3, 0.4) is 0 Å². The van der Waals surface area contributed by atoms with E-state index in [9.17, 15) is 0 Å². The third-order valence-electron chi connectivity index (χ3n) is 4.29. The third kappa shape index (κ3) is 3.46. The molecule has 16 heavy (non-hydrogen) atoms. The van der Waals surface area contributed by atoms with Gasteiger partial charge in [-0.05, 0) is 38.8 Å². The number of nitrogens with one attached hydrogen (secondary N) is 1. The van der Waals surface area contributed by atoms with Crippen molar-refractivity contribution in [3.05, 3.63) is 0 Å². The molecule has 2 heteroatoms. The Bertz CT molecular complexity index is 183. The van der Waals surface area contributed by atoms with Gasteiger partial charge in [-0.2, -0.15) is 0 Å². The third-order valence-corrected chi connectivity index (χ3v) is 4.29. The van der Waals surface area contributed by atoms with E-state index >= 15 is 0 Å². The van der Waals surface area contributed by atoms with E-state index in [-0.39, 0.29) is 0 Å². The highest BCUT2D eigenvalue weighted by molar-refractivity contribution is 4.83. The summed E-state index contributed by atoms with van der Waals surface area (Å²) in [6.07, 6.45) is 11.6. The van der Waals surface area contributed by atoms with Crippen molar-refractivity contribution in [2.75, 3.05) is 19.6 Å². The Morgan fingerprint density at radius 2 is 1.75 bits per heavy atom. The molecule has 0 bridgehead atoms. The van der Waals surface area contributed by atoms with Crippen LogP contribution in [-0.4, -0.2) is 36.6 Å². The van der Waals surface area contributed by atoms with E-state index in [0.29, 0.717) is 0 Å². The summed E-state index contributed by atoms with van der Waals surface area (Å²) in [5.41, 5.74) is 0. The molecule has 1 aliphatic heterocycles. The summed E-state index contributed by atoms with van der Waals surface area (Å²) in [6, 6.07) is 1.67. The summed E-state index contributed by atoms with van der Waals surface area (Å²) in [5.74, 6) is 0. The number of likely N-dealkylation sites (N-methyl/N-ethyl adjacent to an activating group) is 1. The van der Waals surface area contributed by atoms with Crippen molar-refractivity contribution in [2.24, 2.45) is 0 Å². The summed E-state index contributed by atoms with van der Waals surface area (Å²) in [7, 11) is 0. The summed E-state index contributed by atoms with van der Waals surface area (Å²) < 4.78 is 0. The Morgan fingerprint density at radius 3 is 2.44 bits per heavy atom. The highest BCUT2D eigenvalue weighted by Crippen LogP contribution is 2.24. The Morgan fingerprint density at radius 1 is 1.00 bits per heavy atom. The van der Waals surface area contributed by atoms with Crippen LogP contribution in [0.25, 0.3) is 0 Å². The average molecular weight is 224 g/mol. The van der Waals surface area contributed by atoms with Gasteiger partial charge in [-0.15, -0.1) is 0 Å². The van der Waals surface area contributed by atoms with Crippen LogP contribution in [0.15, 0.2) is 0 Å². The van der Waals surface area contributed by atoms with Gasteiger partial charge in [0.1, 0.15) is 0 Å². The van der Waals surface area contributed by atoms with Crippen molar-refractivity contribution in [2.45, 2.75) is 70.4 Å². The predicted octanol–water partition coefficient (Wildman–Crippen LogP) is 2.78. The minimum absolute atomic E-state index is 0.766. The number of hydrogen-bond acceptors (Lipinski definition) is 2. The summed E-state index contributed by atoms with van der Waals surface area (Å²) in [6.45, 7) is 6.01. The molecule has 2 rings (SSSR count). The van der Waals surface area contributed by atoms with Crippen LogP contribution < -0.4 is 5.32 Å². The van der Waals surface area contributed by atoms with E-state index in [1.54, 1.807) is 0 Å². The molecule has 1 saturated heterocycles. The van der Waals surface area contributed by atoms with Gasteiger partial charge < -0.3 is 5.32 Å². The first-order valence-corrected chi connectivity index (χ1v) is 7.37. The van der Waals surface area contributed by atoms with Gasteiger partial charge in [0.15, 0.2) is 0 Å². The van der Waals surface area contributed by atoms with E-state index < -0.39 is 0 Å². The minimum atomic E-state index is 0.766. The van der Waals surface area contributed by atoms with Crippen molar-refractivity contribution < 1.29 is 0 Å². The van der Waals surface area contributed by atoms with Crippen LogP contribution in [0.5, 0.6) is 0 Å². The molecule has 1 N–H and O–H groups in total. The Kier molecular flexibility index (Phi) is 5.11. The van der Waals surface area contributed by atoms with E-state index in [0.717, 1.165) is 18.6 Å². The van der Waals surface area contributed by atoms with E-state index in [2.05, 4.69) is 17.1 Å². The number of nitrogens with zero attached hydrogens (tertiary/aromatic N) is 1. The lowest BCUT2D eigenvalue weighted by molar-refractivity contribution is 0.126. The predicted molar refractivity (Wildman–Crippen MR) is 69.8 cm³/mol. The Balaban J connectivity index is 1.82. The lowest BCUT2D eigenvalue weighted by Gasteiger charge is -2.38. The van der Waals surface area contributed by atoms with E-state index in [1.165, 1.54) is 64.5 Å². The first kappa shape index (κ1) is 12.4. The molecule has 94 valence electrons. The lowest BCUT2D eigenvalue weighted by atomic mass is 10.00. The largest absolute Gasteiger partial charge is 0.313 e. The second-order valence-electron chi connectivity index (χ2n) is 5.54. The summed E-state index contributed by atoms with van der Waals surface area (Å²) in [4.78, 5) is 2.78. The molecular weight excluding hydrogens is 196 g/mol. The number of piperidine rings is 1. The Hall–Kier alpha value is -0.0800. The number of rotatable bonds is 3. The zero-order valence-corrected chi connectivity index (χ0v) is 10.9. The molecule has 0 aromatic heterocycles. The van der Waals surface area contributed by atoms with E-state index in [4.69, 9.17) is 0 Å². The fourth-order valence-corrected chi connectivity index (χ4v) is 3.42. The molecule has 2 aliphatic rings. The van der Waals surface area contributed by atoms with Crippen LogP contribution in [0, 0.1) is 0 Å². The van der Waals surface area contributed by atoms with Crippen molar-refractivity contribution in [1.29, 1.82) is 0 Å². The van der Waals surface area contributed by atoms with Gasteiger partial charge in [-0.1, -0.05) is 32.6 Å². The molecule has 2 fully saturated rings. The first-order valence-electron chi connectivity index (χ1n) is 7.37. The molecule has 2 nitrogen and oxygen atoms in total. The summed E-state index contributed by atoms with van der Waals surface area (Å²) >= 11 is 0. The van der Waals surface area contributed by atoms with Gasteiger partial charge in [0.2, 0.25) is 0 Å². The molecule has 0 amide bonds. The molecular formula is C14H28N2. The number of hydrogen-bond donors (Lipinski definition) is 1. The van der Waals surface area contributed by atoms with Crippen LogP contribution in [0.2, 0.25) is 0 Å². The maximum atomic E-state index is 3.63. The second kappa shape index (κ2) is 6.61. The Labute approximate surface area is 101 Å². The van der Waals surface area contributed by atoms with Crippen LogP contribution in [0.1, 0.15) is 58.3 Å². The normalized spacial score (nSPS) is 30.2. The van der Waals surface area contributed by atoms with Crippen LogP contribution in [0.4, 0.5) is 0 Å². The molecule has 1 heterocycles. The highest BCUT2D eigenvalue weighted by Gasteiger charge is 2.25.